The standard InChI is InChI=1S/C20H19F3N2O3/c21-20(22,23)15-7-4-8-16(11-15)25-13-17(28-19(25)27)12-24-18(26)10-9-14-5-2-1-3-6-14/h1-8,11,17H,9-10,12-13H2,(H,24,26). The molecule has 0 aromatic heterocycles. The molecule has 0 saturated carbocycles. The number of anilines is 1. The molecule has 1 fully saturated rings. The average molecular weight is 392 g/mol. The molecule has 2 aromatic carbocycles. The molecule has 3 rings (SSSR count). The van der Waals surface area contributed by atoms with Gasteiger partial charge in [0.15, 0.2) is 0 Å². The number of ether oxygens (including phenoxy) is 1. The third kappa shape index (κ3) is 5.03. The van der Waals surface area contributed by atoms with Crippen molar-refractivity contribution in [1.29, 1.82) is 0 Å². The predicted molar refractivity (Wildman–Crippen MR) is 96.8 cm³/mol. The van der Waals surface area contributed by atoms with Gasteiger partial charge in [0.2, 0.25) is 5.91 Å². The highest BCUT2D eigenvalue weighted by molar-refractivity contribution is 5.90. The molecule has 1 N–H and O–H groups in total. The van der Waals surface area contributed by atoms with Crippen LogP contribution in [0.1, 0.15) is 17.5 Å². The molecular formula is C20H19F3N2O3. The summed E-state index contributed by atoms with van der Waals surface area (Å²) < 4.78 is 43.7. The van der Waals surface area contributed by atoms with Crippen molar-refractivity contribution in [2.24, 2.45) is 0 Å². The number of rotatable bonds is 6. The van der Waals surface area contributed by atoms with Gasteiger partial charge in [-0.1, -0.05) is 36.4 Å². The van der Waals surface area contributed by atoms with Crippen LogP contribution in [0, 0.1) is 0 Å². The van der Waals surface area contributed by atoms with Crippen LogP contribution < -0.4 is 10.2 Å². The molecule has 1 aliphatic rings. The van der Waals surface area contributed by atoms with Crippen LogP contribution in [-0.2, 0) is 22.1 Å². The van der Waals surface area contributed by atoms with Crippen molar-refractivity contribution in [1.82, 2.24) is 5.32 Å². The maximum Gasteiger partial charge on any atom is 0.416 e. The van der Waals surface area contributed by atoms with E-state index in [1.165, 1.54) is 12.1 Å². The first-order valence-electron chi connectivity index (χ1n) is 8.79. The van der Waals surface area contributed by atoms with E-state index in [2.05, 4.69) is 5.32 Å². The van der Waals surface area contributed by atoms with Crippen molar-refractivity contribution >= 4 is 17.7 Å². The number of carbonyl (C=O) groups excluding carboxylic acids is 2. The van der Waals surface area contributed by atoms with E-state index in [0.29, 0.717) is 12.8 Å². The normalized spacial score (nSPS) is 16.8. The summed E-state index contributed by atoms with van der Waals surface area (Å²) in [6, 6.07) is 14.0. The highest BCUT2D eigenvalue weighted by Gasteiger charge is 2.35. The molecular weight excluding hydrogens is 373 g/mol. The van der Waals surface area contributed by atoms with Gasteiger partial charge in [-0.15, -0.1) is 0 Å². The Morgan fingerprint density at radius 3 is 2.61 bits per heavy atom. The van der Waals surface area contributed by atoms with Crippen molar-refractivity contribution in [3.05, 3.63) is 65.7 Å². The van der Waals surface area contributed by atoms with Crippen molar-refractivity contribution in [2.45, 2.75) is 25.1 Å². The van der Waals surface area contributed by atoms with E-state index >= 15 is 0 Å². The molecule has 1 aliphatic heterocycles. The summed E-state index contributed by atoms with van der Waals surface area (Å²) in [5.74, 6) is -0.183. The zero-order chi connectivity index (χ0) is 20.1. The maximum absolute atomic E-state index is 12.9. The summed E-state index contributed by atoms with van der Waals surface area (Å²) in [6.07, 6.45) is -4.97. The quantitative estimate of drug-likeness (QED) is 0.814. The minimum atomic E-state index is -4.49. The van der Waals surface area contributed by atoms with Gasteiger partial charge >= 0.3 is 12.3 Å². The summed E-state index contributed by atoms with van der Waals surface area (Å²) in [6.45, 7) is 0.175. The van der Waals surface area contributed by atoms with E-state index in [-0.39, 0.29) is 24.7 Å². The Hall–Kier alpha value is -3.03. The van der Waals surface area contributed by atoms with Crippen molar-refractivity contribution < 1.29 is 27.5 Å². The summed E-state index contributed by atoms with van der Waals surface area (Å²) in [5, 5.41) is 2.70. The lowest BCUT2D eigenvalue weighted by atomic mass is 10.1. The number of aryl methyl sites for hydroxylation is 1. The van der Waals surface area contributed by atoms with Gasteiger partial charge in [0.1, 0.15) is 6.10 Å². The zero-order valence-corrected chi connectivity index (χ0v) is 14.9. The minimum absolute atomic E-state index is 0.0686. The molecule has 2 aromatic rings. The summed E-state index contributed by atoms with van der Waals surface area (Å²) >= 11 is 0. The van der Waals surface area contributed by atoms with E-state index in [1.807, 2.05) is 30.3 Å². The van der Waals surface area contributed by atoms with Crippen molar-refractivity contribution in [3.8, 4) is 0 Å². The van der Waals surface area contributed by atoms with Crippen LogP contribution in [0.3, 0.4) is 0 Å². The summed E-state index contributed by atoms with van der Waals surface area (Å²) in [5.41, 5.74) is 0.314. The number of hydrogen-bond acceptors (Lipinski definition) is 3. The second-order valence-electron chi connectivity index (χ2n) is 6.45. The Morgan fingerprint density at radius 1 is 1.14 bits per heavy atom. The van der Waals surface area contributed by atoms with Crippen molar-refractivity contribution in [2.75, 3.05) is 18.0 Å². The first kappa shape index (κ1) is 19.7. The van der Waals surface area contributed by atoms with Crippen LogP contribution in [0.2, 0.25) is 0 Å². The molecule has 0 spiro atoms. The fraction of sp³-hybridized carbons (Fsp3) is 0.300. The molecule has 0 aliphatic carbocycles. The van der Waals surface area contributed by atoms with Gasteiger partial charge in [0, 0.05) is 12.1 Å². The zero-order valence-electron chi connectivity index (χ0n) is 14.9. The van der Waals surface area contributed by atoms with E-state index in [0.717, 1.165) is 22.6 Å². The van der Waals surface area contributed by atoms with Gasteiger partial charge in [0.25, 0.3) is 0 Å². The van der Waals surface area contributed by atoms with E-state index in [9.17, 15) is 22.8 Å². The number of benzene rings is 2. The first-order chi connectivity index (χ1) is 13.3. The number of nitrogens with one attached hydrogen (secondary N) is 1. The molecule has 8 heteroatoms. The number of amides is 2. The number of alkyl halides is 3. The largest absolute Gasteiger partial charge is 0.442 e. The van der Waals surface area contributed by atoms with Crippen LogP contribution in [0.25, 0.3) is 0 Å². The number of nitrogens with zero attached hydrogens (tertiary/aromatic N) is 1. The van der Waals surface area contributed by atoms with Crippen LogP contribution in [-0.4, -0.2) is 31.2 Å². The Balaban J connectivity index is 1.51. The third-order valence-electron chi connectivity index (χ3n) is 4.37. The van der Waals surface area contributed by atoms with Gasteiger partial charge in [-0.25, -0.2) is 4.79 Å². The molecule has 148 valence electrons. The molecule has 0 radical (unpaired) electrons. The van der Waals surface area contributed by atoms with Gasteiger partial charge in [0.05, 0.1) is 18.7 Å². The Kier molecular flexibility index (Phi) is 5.87. The van der Waals surface area contributed by atoms with E-state index < -0.39 is 23.9 Å². The molecule has 0 bridgehead atoms. The predicted octanol–water partition coefficient (Wildman–Crippen LogP) is 3.78. The topological polar surface area (TPSA) is 58.6 Å². The van der Waals surface area contributed by atoms with E-state index in [1.54, 1.807) is 0 Å². The third-order valence-corrected chi connectivity index (χ3v) is 4.37. The molecule has 1 atom stereocenters. The minimum Gasteiger partial charge on any atom is -0.442 e. The highest BCUT2D eigenvalue weighted by Crippen LogP contribution is 2.32. The summed E-state index contributed by atoms with van der Waals surface area (Å²) in [7, 11) is 0. The summed E-state index contributed by atoms with van der Waals surface area (Å²) in [4.78, 5) is 25.1. The van der Waals surface area contributed by atoms with Crippen LogP contribution >= 0.6 is 0 Å². The smallest absolute Gasteiger partial charge is 0.416 e. The van der Waals surface area contributed by atoms with Crippen molar-refractivity contribution in [3.63, 3.8) is 0 Å². The number of halogens is 3. The lowest BCUT2D eigenvalue weighted by molar-refractivity contribution is -0.137. The van der Waals surface area contributed by atoms with Gasteiger partial charge < -0.3 is 10.1 Å². The molecule has 5 nitrogen and oxygen atoms in total. The fourth-order valence-corrected chi connectivity index (χ4v) is 2.91. The molecule has 1 unspecified atom stereocenters. The Morgan fingerprint density at radius 2 is 1.89 bits per heavy atom. The molecule has 28 heavy (non-hydrogen) atoms. The Labute approximate surface area is 160 Å². The number of cyclic esters (lactones) is 1. The number of carbonyl (C=O) groups is 2. The van der Waals surface area contributed by atoms with Gasteiger partial charge in [-0.05, 0) is 30.2 Å². The SMILES string of the molecule is O=C(CCc1ccccc1)NCC1CN(c2cccc(C(F)(F)F)c2)C(=O)O1. The average Bonchev–Trinajstić information content (AvgIpc) is 3.05. The Bertz CT molecular complexity index is 840. The lowest BCUT2D eigenvalue weighted by Crippen LogP contribution is -2.34. The van der Waals surface area contributed by atoms with E-state index in [4.69, 9.17) is 4.74 Å². The lowest BCUT2D eigenvalue weighted by Gasteiger charge is -2.15. The monoisotopic (exact) mass is 392 g/mol. The van der Waals surface area contributed by atoms with Gasteiger partial charge in [-0.2, -0.15) is 13.2 Å². The van der Waals surface area contributed by atoms with Crippen LogP contribution in [0.15, 0.2) is 54.6 Å². The maximum atomic E-state index is 12.9. The second-order valence-corrected chi connectivity index (χ2v) is 6.45. The molecule has 1 saturated heterocycles. The number of hydrogen-bond donors (Lipinski definition) is 1. The highest BCUT2D eigenvalue weighted by atomic mass is 19.4. The van der Waals surface area contributed by atoms with Gasteiger partial charge in [-0.3, -0.25) is 9.69 Å². The van der Waals surface area contributed by atoms with Crippen LogP contribution in [0.4, 0.5) is 23.7 Å². The first-order valence-corrected chi connectivity index (χ1v) is 8.79. The molecule has 1 heterocycles. The fourth-order valence-electron chi connectivity index (χ4n) is 2.91. The molecule has 2 amide bonds. The van der Waals surface area contributed by atoms with Crippen LogP contribution in [0.5, 0.6) is 0 Å². The second kappa shape index (κ2) is 8.33.